The molecule has 0 unspecified atom stereocenters. The van der Waals surface area contributed by atoms with E-state index in [1.165, 1.54) is 0 Å². The largest absolute Gasteiger partial charge is 0.361 e. The smallest absolute Gasteiger partial charge is 0.148 e. The highest BCUT2D eigenvalue weighted by atomic mass is 16.5. The number of aromatic nitrogens is 2. The Morgan fingerprint density at radius 3 is 1.81 bits per heavy atom. The molecule has 2 heterocycles. The predicted molar refractivity (Wildman–Crippen MR) is 54.9 cm³/mol. The molecule has 0 aliphatic rings. The summed E-state index contributed by atoms with van der Waals surface area (Å²) < 4.78 is 9.92. The van der Waals surface area contributed by atoms with Gasteiger partial charge in [0.15, 0.2) is 0 Å². The molecule has 2 rings (SSSR count). The molecule has 0 aliphatic heterocycles. The molecule has 0 N–H and O–H groups in total. The van der Waals surface area contributed by atoms with Crippen LogP contribution in [0.15, 0.2) is 21.2 Å². The first kappa shape index (κ1) is 10.6. The molecule has 0 atom stereocenters. The predicted octanol–water partition coefficient (Wildman–Crippen LogP) is 1.63. The zero-order chi connectivity index (χ0) is 11.5. The van der Waals surface area contributed by atoms with Crippen LogP contribution in [0.5, 0.6) is 0 Å². The molecule has 0 aliphatic carbocycles. The van der Waals surface area contributed by atoms with Gasteiger partial charge in [-0.1, -0.05) is 10.3 Å². The summed E-state index contributed by atoms with van der Waals surface area (Å²) in [5.41, 5.74) is 1.55. The van der Waals surface area contributed by atoms with Crippen LogP contribution in [0.1, 0.15) is 22.9 Å². The summed E-state index contributed by atoms with van der Waals surface area (Å²) in [6.07, 6.45) is 0.473. The van der Waals surface area contributed by atoms with Crippen molar-refractivity contribution in [2.45, 2.75) is 26.7 Å². The van der Waals surface area contributed by atoms with Gasteiger partial charge in [-0.05, 0) is 13.8 Å². The third-order valence-corrected chi connectivity index (χ3v) is 2.10. The first-order chi connectivity index (χ1) is 7.63. The van der Waals surface area contributed by atoms with Crippen LogP contribution in [0.4, 0.5) is 0 Å². The SMILES string of the molecule is Cc1cc(CC(=O)Cc2cc(C)no2)on1. The highest BCUT2D eigenvalue weighted by Gasteiger charge is 2.11. The number of carbonyl (C=O) groups excluding carboxylic acids is 1. The molecule has 0 amide bonds. The second-order valence-corrected chi connectivity index (χ2v) is 3.76. The van der Waals surface area contributed by atoms with Crippen LogP contribution in [0.2, 0.25) is 0 Å². The minimum absolute atomic E-state index is 0.0206. The van der Waals surface area contributed by atoms with Crippen molar-refractivity contribution < 1.29 is 13.8 Å². The van der Waals surface area contributed by atoms with Crippen molar-refractivity contribution in [1.82, 2.24) is 10.3 Å². The standard InChI is InChI=1S/C11H12N2O3/c1-7-3-10(15-12-7)5-9(14)6-11-4-8(2)13-16-11/h3-4H,5-6H2,1-2H3. The van der Waals surface area contributed by atoms with Gasteiger partial charge in [0.05, 0.1) is 24.2 Å². The van der Waals surface area contributed by atoms with E-state index in [2.05, 4.69) is 10.3 Å². The van der Waals surface area contributed by atoms with Gasteiger partial charge >= 0.3 is 0 Å². The van der Waals surface area contributed by atoms with E-state index < -0.39 is 0 Å². The highest BCUT2D eigenvalue weighted by molar-refractivity contribution is 5.82. The maximum Gasteiger partial charge on any atom is 0.148 e. The van der Waals surface area contributed by atoms with Crippen LogP contribution in [0, 0.1) is 13.8 Å². The topological polar surface area (TPSA) is 69.1 Å². The molecule has 84 valence electrons. The van der Waals surface area contributed by atoms with Gasteiger partial charge in [-0.25, -0.2) is 0 Å². The lowest BCUT2D eigenvalue weighted by molar-refractivity contribution is -0.118. The summed E-state index contributed by atoms with van der Waals surface area (Å²) >= 11 is 0. The molecule has 0 saturated carbocycles. The van der Waals surface area contributed by atoms with Crippen molar-refractivity contribution in [1.29, 1.82) is 0 Å². The molecule has 0 bridgehead atoms. The maximum absolute atomic E-state index is 11.6. The van der Waals surface area contributed by atoms with Gasteiger partial charge in [0.1, 0.15) is 17.3 Å². The van der Waals surface area contributed by atoms with Gasteiger partial charge in [0.25, 0.3) is 0 Å². The monoisotopic (exact) mass is 220 g/mol. The Bertz CT molecular complexity index is 455. The number of carbonyl (C=O) groups is 1. The van der Waals surface area contributed by atoms with E-state index in [0.717, 1.165) is 11.4 Å². The van der Waals surface area contributed by atoms with Crippen LogP contribution >= 0.6 is 0 Å². The van der Waals surface area contributed by atoms with Gasteiger partial charge < -0.3 is 9.05 Å². The van der Waals surface area contributed by atoms with Crippen molar-refractivity contribution in [3.05, 3.63) is 35.0 Å². The number of aryl methyl sites for hydroxylation is 2. The Labute approximate surface area is 92.4 Å². The molecule has 5 heteroatoms. The summed E-state index contributed by atoms with van der Waals surface area (Å²) in [7, 11) is 0. The third-order valence-electron chi connectivity index (χ3n) is 2.10. The van der Waals surface area contributed by atoms with Gasteiger partial charge in [-0.3, -0.25) is 4.79 Å². The van der Waals surface area contributed by atoms with E-state index in [1.54, 1.807) is 12.1 Å². The number of Topliss-reactive ketones (excluding diaryl/α,β-unsaturated/α-hetero) is 1. The van der Waals surface area contributed by atoms with Crippen molar-refractivity contribution in [2.24, 2.45) is 0 Å². The second-order valence-electron chi connectivity index (χ2n) is 3.76. The number of hydrogen-bond acceptors (Lipinski definition) is 5. The molecular weight excluding hydrogens is 208 g/mol. The molecule has 0 saturated heterocycles. The van der Waals surface area contributed by atoms with Crippen LogP contribution in [0.3, 0.4) is 0 Å². The van der Waals surface area contributed by atoms with Gasteiger partial charge in [-0.2, -0.15) is 0 Å². The summed E-state index contributed by atoms with van der Waals surface area (Å²) in [4.78, 5) is 11.6. The van der Waals surface area contributed by atoms with Crippen molar-refractivity contribution >= 4 is 5.78 Å². The van der Waals surface area contributed by atoms with Crippen LogP contribution in [-0.4, -0.2) is 16.1 Å². The van der Waals surface area contributed by atoms with Crippen LogP contribution in [0.25, 0.3) is 0 Å². The van der Waals surface area contributed by atoms with Gasteiger partial charge in [0, 0.05) is 12.1 Å². The van der Waals surface area contributed by atoms with Crippen molar-refractivity contribution in [2.75, 3.05) is 0 Å². The Morgan fingerprint density at radius 2 is 1.50 bits per heavy atom. The number of nitrogens with zero attached hydrogens (tertiary/aromatic N) is 2. The van der Waals surface area contributed by atoms with Gasteiger partial charge in [-0.15, -0.1) is 0 Å². The van der Waals surface area contributed by atoms with Gasteiger partial charge in [0.2, 0.25) is 0 Å². The Balaban J connectivity index is 1.94. The number of rotatable bonds is 4. The number of hydrogen-bond donors (Lipinski definition) is 0. The van der Waals surface area contributed by atoms with Crippen LogP contribution < -0.4 is 0 Å². The average Bonchev–Trinajstić information content (AvgIpc) is 2.76. The summed E-state index contributed by atoms with van der Waals surface area (Å²) in [6, 6.07) is 3.51. The van der Waals surface area contributed by atoms with Crippen molar-refractivity contribution in [3.63, 3.8) is 0 Å². The summed E-state index contributed by atoms with van der Waals surface area (Å²) in [6.45, 7) is 3.63. The lowest BCUT2D eigenvalue weighted by atomic mass is 10.1. The quantitative estimate of drug-likeness (QED) is 0.783. The first-order valence-corrected chi connectivity index (χ1v) is 4.99. The van der Waals surface area contributed by atoms with Crippen molar-refractivity contribution in [3.8, 4) is 0 Å². The summed E-state index contributed by atoms with van der Waals surface area (Å²) in [5, 5.41) is 7.44. The average molecular weight is 220 g/mol. The van der Waals surface area contributed by atoms with E-state index in [1.807, 2.05) is 13.8 Å². The normalized spacial score (nSPS) is 10.6. The van der Waals surface area contributed by atoms with E-state index >= 15 is 0 Å². The minimum Gasteiger partial charge on any atom is -0.361 e. The lowest BCUT2D eigenvalue weighted by Crippen LogP contribution is -2.05. The Kier molecular flexibility index (Phi) is 2.85. The van der Waals surface area contributed by atoms with E-state index in [0.29, 0.717) is 11.5 Å². The molecular formula is C11H12N2O3. The third kappa shape index (κ3) is 2.56. The fourth-order valence-electron chi connectivity index (χ4n) is 1.45. The number of ketones is 1. The fraction of sp³-hybridized carbons (Fsp3) is 0.364. The van der Waals surface area contributed by atoms with E-state index in [9.17, 15) is 4.79 Å². The molecule has 5 nitrogen and oxygen atoms in total. The lowest BCUT2D eigenvalue weighted by Gasteiger charge is -1.93. The molecule has 0 fully saturated rings. The first-order valence-electron chi connectivity index (χ1n) is 4.99. The zero-order valence-electron chi connectivity index (χ0n) is 9.19. The molecule has 0 radical (unpaired) electrons. The fourth-order valence-corrected chi connectivity index (χ4v) is 1.45. The molecule has 2 aromatic rings. The second kappa shape index (κ2) is 4.30. The Morgan fingerprint density at radius 1 is 1.06 bits per heavy atom. The Hall–Kier alpha value is -1.91. The molecule has 0 aromatic carbocycles. The van der Waals surface area contributed by atoms with E-state index in [-0.39, 0.29) is 18.6 Å². The van der Waals surface area contributed by atoms with Crippen LogP contribution in [-0.2, 0) is 17.6 Å². The zero-order valence-corrected chi connectivity index (χ0v) is 9.19. The maximum atomic E-state index is 11.6. The summed E-state index contributed by atoms with van der Waals surface area (Å²) in [5.74, 6) is 1.18. The molecule has 2 aromatic heterocycles. The minimum atomic E-state index is 0.0206. The molecule has 16 heavy (non-hydrogen) atoms. The molecule has 0 spiro atoms. The van der Waals surface area contributed by atoms with E-state index in [4.69, 9.17) is 9.05 Å². The highest BCUT2D eigenvalue weighted by Crippen LogP contribution is 2.08.